The Morgan fingerprint density at radius 3 is 2.50 bits per heavy atom. The van der Waals surface area contributed by atoms with E-state index in [-0.39, 0.29) is 14.0 Å². The van der Waals surface area contributed by atoms with Crippen LogP contribution in [-0.2, 0) is 26.0 Å². The smallest absolute Gasteiger partial charge is 0.141 e. The summed E-state index contributed by atoms with van der Waals surface area (Å²) >= 11 is 0. The maximum absolute atomic E-state index is 9.95. The van der Waals surface area contributed by atoms with Crippen LogP contribution >= 0.6 is 0 Å². The van der Waals surface area contributed by atoms with E-state index in [1.165, 1.54) is 22.3 Å². The zero-order valence-corrected chi connectivity index (χ0v) is 15.3. The van der Waals surface area contributed by atoms with Gasteiger partial charge in [-0.2, -0.15) is 0 Å². The minimum absolute atomic E-state index is 0. The molecule has 1 fully saturated rings. The number of likely N-dealkylation sites (tertiary alicyclic amines) is 1. The van der Waals surface area contributed by atoms with Crippen molar-refractivity contribution in [3.8, 4) is 0 Å². The van der Waals surface area contributed by atoms with E-state index in [0.29, 0.717) is 0 Å². The summed E-state index contributed by atoms with van der Waals surface area (Å²) in [6.07, 6.45) is 4.06. The van der Waals surface area contributed by atoms with Gasteiger partial charge >= 0.3 is 0 Å². The summed E-state index contributed by atoms with van der Waals surface area (Å²) in [7, 11) is 2.20. The number of fused-ring (bicyclic) bond motifs is 2. The topological polar surface area (TPSA) is 41.3 Å². The molecule has 0 saturated carbocycles. The molecule has 140 valence electrons. The van der Waals surface area contributed by atoms with Crippen LogP contribution in [0.4, 0.5) is 0 Å². The maximum atomic E-state index is 9.95. The Bertz CT molecular complexity index is 809. The van der Waals surface area contributed by atoms with Crippen molar-refractivity contribution in [3.63, 3.8) is 0 Å². The number of piperidine rings is 1. The largest absolute Gasteiger partial charge is 0.390 e. The van der Waals surface area contributed by atoms with Crippen LogP contribution in [0.5, 0.6) is 0 Å². The average Bonchev–Trinajstić information content (AvgIpc) is 2.91. The van der Waals surface area contributed by atoms with Gasteiger partial charge < -0.3 is 14.6 Å². The first-order valence-corrected chi connectivity index (χ1v) is 9.41. The molecule has 26 heavy (non-hydrogen) atoms. The zero-order valence-electron chi connectivity index (χ0n) is 15.3. The molecule has 4 rings (SSSR count). The molecule has 2 aromatic rings. The number of benzene rings is 1. The van der Waals surface area contributed by atoms with Crippen LogP contribution in [0.25, 0.3) is 5.57 Å². The molecule has 0 aliphatic carbocycles. The highest BCUT2D eigenvalue weighted by Crippen LogP contribution is 2.37. The van der Waals surface area contributed by atoms with Gasteiger partial charge in [-0.25, -0.2) is 4.98 Å². The highest BCUT2D eigenvalue weighted by atomic mass is 16.3. The summed E-state index contributed by atoms with van der Waals surface area (Å²) in [4.78, 5) is 7.40. The lowest BCUT2D eigenvalue weighted by atomic mass is 9.90. The highest BCUT2D eigenvalue weighted by molar-refractivity contribution is 5.82. The number of aromatic nitrogens is 2. The third-order valence-electron chi connectivity index (χ3n) is 5.70. The number of aliphatic hydroxyl groups is 1. The van der Waals surface area contributed by atoms with E-state index in [9.17, 15) is 5.11 Å². The molecule has 1 N–H and O–H groups in total. The lowest BCUT2D eigenvalue weighted by Crippen LogP contribution is -2.27. The number of hydrogen-bond donors (Lipinski definition) is 1. The van der Waals surface area contributed by atoms with E-state index < -0.39 is 0 Å². The Morgan fingerprint density at radius 2 is 1.81 bits per heavy atom. The van der Waals surface area contributed by atoms with Gasteiger partial charge in [0.25, 0.3) is 0 Å². The SMILES string of the molecule is C.CCc1nc2n(c1CO)CCc1ccccc1C2=C1CCN(C)CC1. The van der Waals surface area contributed by atoms with Gasteiger partial charge in [0, 0.05) is 25.2 Å². The second-order valence-corrected chi connectivity index (χ2v) is 7.18. The highest BCUT2D eigenvalue weighted by Gasteiger charge is 2.27. The van der Waals surface area contributed by atoms with Crippen LogP contribution in [0.15, 0.2) is 29.8 Å². The summed E-state index contributed by atoms with van der Waals surface area (Å²) in [6.45, 7) is 5.30. The molecule has 0 unspecified atom stereocenters. The van der Waals surface area contributed by atoms with E-state index in [1.807, 2.05) is 0 Å². The molecular weight excluding hydrogens is 322 g/mol. The van der Waals surface area contributed by atoms with Crippen LogP contribution in [0, 0.1) is 0 Å². The first kappa shape index (κ1) is 18.9. The van der Waals surface area contributed by atoms with E-state index in [2.05, 4.69) is 47.7 Å². The van der Waals surface area contributed by atoms with Crippen molar-refractivity contribution >= 4 is 5.57 Å². The van der Waals surface area contributed by atoms with Gasteiger partial charge in [0.2, 0.25) is 0 Å². The fourth-order valence-electron chi connectivity index (χ4n) is 4.25. The Hall–Kier alpha value is -1.91. The first-order valence-electron chi connectivity index (χ1n) is 9.41. The monoisotopic (exact) mass is 353 g/mol. The number of nitrogens with zero attached hydrogens (tertiary/aromatic N) is 3. The number of rotatable bonds is 2. The molecule has 4 nitrogen and oxygen atoms in total. The predicted molar refractivity (Wildman–Crippen MR) is 107 cm³/mol. The van der Waals surface area contributed by atoms with Gasteiger partial charge in [-0.05, 0) is 43.9 Å². The van der Waals surface area contributed by atoms with Gasteiger partial charge in [-0.3, -0.25) is 0 Å². The molecule has 3 heterocycles. The summed E-state index contributed by atoms with van der Waals surface area (Å²) in [5, 5.41) is 9.95. The van der Waals surface area contributed by atoms with Crippen molar-refractivity contribution in [2.24, 2.45) is 0 Å². The molecule has 0 radical (unpaired) electrons. The Kier molecular flexibility index (Phi) is 5.64. The number of imidazole rings is 1. The predicted octanol–water partition coefficient (Wildman–Crippen LogP) is 3.66. The standard InChI is InChI=1S/C21H27N3O.CH4/c1-3-18-19(14-25)24-13-10-15-6-4-5-7-17(15)20(21(24)22-18)16-8-11-23(2)12-9-16;/h4-7,25H,3,8-14H2,1-2H3;1H4. The minimum Gasteiger partial charge on any atom is -0.390 e. The van der Waals surface area contributed by atoms with Crippen molar-refractivity contribution in [1.82, 2.24) is 14.5 Å². The molecule has 2 aliphatic rings. The third-order valence-corrected chi connectivity index (χ3v) is 5.70. The molecule has 0 bridgehead atoms. The third kappa shape index (κ3) is 3.12. The average molecular weight is 354 g/mol. The second kappa shape index (κ2) is 7.77. The van der Waals surface area contributed by atoms with Gasteiger partial charge in [0.15, 0.2) is 0 Å². The molecule has 0 amide bonds. The fraction of sp³-hybridized carbons (Fsp3) is 0.500. The number of aliphatic hydroxyl groups excluding tert-OH is 1. The molecule has 2 aliphatic heterocycles. The lowest BCUT2D eigenvalue weighted by Gasteiger charge is -2.26. The van der Waals surface area contributed by atoms with Gasteiger partial charge in [-0.1, -0.05) is 44.2 Å². The molecule has 0 atom stereocenters. The zero-order chi connectivity index (χ0) is 17.4. The molecule has 0 spiro atoms. The summed E-state index contributed by atoms with van der Waals surface area (Å²) in [5.74, 6) is 1.07. The van der Waals surface area contributed by atoms with E-state index >= 15 is 0 Å². The molecule has 1 saturated heterocycles. The van der Waals surface area contributed by atoms with E-state index in [0.717, 1.165) is 62.5 Å². The van der Waals surface area contributed by atoms with E-state index in [1.54, 1.807) is 0 Å². The molecule has 1 aromatic carbocycles. The summed E-state index contributed by atoms with van der Waals surface area (Å²) in [5.41, 5.74) is 7.63. The van der Waals surface area contributed by atoms with Gasteiger partial charge in [-0.15, -0.1) is 0 Å². The summed E-state index contributed by atoms with van der Waals surface area (Å²) < 4.78 is 2.28. The first-order chi connectivity index (χ1) is 12.2. The molecular formula is C22H31N3O. The maximum Gasteiger partial charge on any atom is 0.141 e. The normalized spacial score (nSPS) is 17.3. The second-order valence-electron chi connectivity index (χ2n) is 7.18. The van der Waals surface area contributed by atoms with E-state index in [4.69, 9.17) is 4.98 Å². The Balaban J connectivity index is 0.00000196. The van der Waals surface area contributed by atoms with Crippen molar-refractivity contribution in [1.29, 1.82) is 0 Å². The van der Waals surface area contributed by atoms with Crippen molar-refractivity contribution in [2.45, 2.75) is 53.2 Å². The van der Waals surface area contributed by atoms with Crippen LogP contribution in [-0.4, -0.2) is 39.7 Å². The lowest BCUT2D eigenvalue weighted by molar-refractivity contribution is 0.269. The molecule has 1 aromatic heterocycles. The Labute approximate surface area is 157 Å². The van der Waals surface area contributed by atoms with Crippen LogP contribution in [0.1, 0.15) is 55.5 Å². The molecule has 4 heteroatoms. The van der Waals surface area contributed by atoms with Gasteiger partial charge in [0.05, 0.1) is 18.0 Å². The van der Waals surface area contributed by atoms with Crippen molar-refractivity contribution in [3.05, 3.63) is 58.2 Å². The number of aryl methyl sites for hydroxylation is 2. The van der Waals surface area contributed by atoms with Crippen LogP contribution in [0.2, 0.25) is 0 Å². The van der Waals surface area contributed by atoms with Crippen LogP contribution in [0.3, 0.4) is 0 Å². The quantitative estimate of drug-likeness (QED) is 0.896. The summed E-state index contributed by atoms with van der Waals surface area (Å²) in [6, 6.07) is 8.77. The Morgan fingerprint density at radius 1 is 1.08 bits per heavy atom. The minimum atomic E-state index is 0. The van der Waals surface area contributed by atoms with Crippen LogP contribution < -0.4 is 0 Å². The van der Waals surface area contributed by atoms with Crippen molar-refractivity contribution < 1.29 is 5.11 Å². The van der Waals surface area contributed by atoms with Gasteiger partial charge in [0.1, 0.15) is 5.82 Å². The number of hydrogen-bond acceptors (Lipinski definition) is 3. The fourth-order valence-corrected chi connectivity index (χ4v) is 4.25. The van der Waals surface area contributed by atoms with Crippen molar-refractivity contribution in [2.75, 3.05) is 20.1 Å².